The Morgan fingerprint density at radius 3 is 2.30 bits per heavy atom. The second-order valence-electron chi connectivity index (χ2n) is 8.29. The van der Waals surface area contributed by atoms with E-state index in [0.29, 0.717) is 18.1 Å². The summed E-state index contributed by atoms with van der Waals surface area (Å²) < 4.78 is 0. The number of amides is 1. The van der Waals surface area contributed by atoms with Gasteiger partial charge in [-0.25, -0.2) is 0 Å². The van der Waals surface area contributed by atoms with Crippen molar-refractivity contribution in [1.29, 1.82) is 0 Å². The fraction of sp³-hybridized carbons (Fsp3) is 0.650. The van der Waals surface area contributed by atoms with Gasteiger partial charge in [0.25, 0.3) is 0 Å². The van der Waals surface area contributed by atoms with E-state index in [1.165, 1.54) is 24.8 Å². The normalized spacial score (nSPS) is 28.4. The Morgan fingerprint density at radius 1 is 1.13 bits per heavy atom. The van der Waals surface area contributed by atoms with E-state index >= 15 is 0 Å². The lowest BCUT2D eigenvalue weighted by atomic mass is 9.81. The minimum atomic E-state index is -0.295. The number of hydrogen-bond acceptors (Lipinski definition) is 2. The molecule has 0 saturated carbocycles. The molecule has 1 aromatic rings. The lowest BCUT2D eigenvalue weighted by Crippen LogP contribution is -2.57. The highest BCUT2D eigenvalue weighted by Gasteiger charge is 2.39. The monoisotopic (exact) mass is 314 g/mol. The summed E-state index contributed by atoms with van der Waals surface area (Å²) >= 11 is 0. The maximum atomic E-state index is 12.3. The highest BCUT2D eigenvalue weighted by Crippen LogP contribution is 2.35. The van der Waals surface area contributed by atoms with Gasteiger partial charge >= 0.3 is 0 Å². The molecule has 1 amide bonds. The van der Waals surface area contributed by atoms with E-state index in [2.05, 4.69) is 40.5 Å². The van der Waals surface area contributed by atoms with Gasteiger partial charge in [-0.05, 0) is 31.2 Å². The van der Waals surface area contributed by atoms with Gasteiger partial charge in [-0.1, -0.05) is 57.5 Å². The molecule has 1 N–H and O–H groups in total. The van der Waals surface area contributed by atoms with Crippen molar-refractivity contribution >= 4 is 5.91 Å². The first-order chi connectivity index (χ1) is 10.9. The molecule has 2 fully saturated rings. The molecule has 3 heteroatoms. The minimum Gasteiger partial charge on any atom is -0.353 e. The summed E-state index contributed by atoms with van der Waals surface area (Å²) in [6, 6.07) is 12.4. The number of hydrogen-bond donors (Lipinski definition) is 1. The fourth-order valence-electron chi connectivity index (χ4n) is 4.05. The third kappa shape index (κ3) is 3.95. The predicted molar refractivity (Wildman–Crippen MR) is 94.0 cm³/mol. The van der Waals surface area contributed by atoms with Gasteiger partial charge in [0.05, 0.1) is 0 Å². The summed E-state index contributed by atoms with van der Waals surface area (Å²) in [6.45, 7) is 7.03. The van der Waals surface area contributed by atoms with Crippen LogP contribution in [0, 0.1) is 5.41 Å². The molecule has 2 atom stereocenters. The molecule has 0 unspecified atom stereocenters. The number of fused-ring (bicyclic) bond motifs is 2. The molecular weight excluding hydrogens is 284 g/mol. The van der Waals surface area contributed by atoms with Crippen LogP contribution in [0.15, 0.2) is 30.3 Å². The summed E-state index contributed by atoms with van der Waals surface area (Å²) in [4.78, 5) is 15.0. The topological polar surface area (TPSA) is 32.3 Å². The zero-order valence-electron chi connectivity index (χ0n) is 14.7. The van der Waals surface area contributed by atoms with Crippen molar-refractivity contribution in [2.24, 2.45) is 5.41 Å². The third-order valence-corrected chi connectivity index (χ3v) is 5.35. The lowest BCUT2D eigenvalue weighted by molar-refractivity contribution is -0.130. The molecule has 0 spiro atoms. The number of piperidine rings is 2. The second kappa shape index (κ2) is 6.64. The van der Waals surface area contributed by atoms with Crippen LogP contribution >= 0.6 is 0 Å². The summed E-state index contributed by atoms with van der Waals surface area (Å²) in [5, 5.41) is 3.31. The predicted octanol–water partition coefficient (Wildman–Crippen LogP) is 3.73. The Hall–Kier alpha value is -1.35. The number of nitrogens with one attached hydrogen (secondary N) is 1. The molecule has 126 valence electrons. The first-order valence-electron chi connectivity index (χ1n) is 9.04. The molecule has 2 aliphatic rings. The van der Waals surface area contributed by atoms with Crippen LogP contribution in [-0.2, 0) is 11.3 Å². The molecule has 2 heterocycles. The molecule has 1 aromatic carbocycles. The van der Waals surface area contributed by atoms with Gasteiger partial charge in [-0.3, -0.25) is 9.69 Å². The van der Waals surface area contributed by atoms with Crippen LogP contribution in [0.25, 0.3) is 0 Å². The van der Waals surface area contributed by atoms with Crippen LogP contribution in [0.1, 0.15) is 58.4 Å². The van der Waals surface area contributed by atoms with Crippen molar-refractivity contribution in [2.45, 2.75) is 77.5 Å². The van der Waals surface area contributed by atoms with Crippen LogP contribution in [0.5, 0.6) is 0 Å². The Labute approximate surface area is 140 Å². The molecule has 0 aliphatic carbocycles. The van der Waals surface area contributed by atoms with E-state index in [0.717, 1.165) is 19.4 Å². The molecule has 0 aromatic heterocycles. The van der Waals surface area contributed by atoms with Crippen molar-refractivity contribution in [3.63, 3.8) is 0 Å². The van der Waals surface area contributed by atoms with Crippen molar-refractivity contribution < 1.29 is 4.79 Å². The molecule has 0 radical (unpaired) electrons. The smallest absolute Gasteiger partial charge is 0.225 e. The van der Waals surface area contributed by atoms with Crippen LogP contribution in [-0.4, -0.2) is 28.9 Å². The Morgan fingerprint density at radius 2 is 1.74 bits per heavy atom. The minimum absolute atomic E-state index is 0.192. The zero-order valence-corrected chi connectivity index (χ0v) is 14.7. The van der Waals surface area contributed by atoms with E-state index in [1.807, 2.05) is 20.8 Å². The van der Waals surface area contributed by atoms with Gasteiger partial charge in [0.15, 0.2) is 0 Å². The average molecular weight is 314 g/mol. The SMILES string of the molecule is CC(C)(C)C(=O)NC1C[C@@H]2CCC[C@@H](C1)N2Cc1ccccc1. The molecular formula is C20H30N2O. The fourth-order valence-corrected chi connectivity index (χ4v) is 4.05. The molecule has 3 rings (SSSR count). The summed E-state index contributed by atoms with van der Waals surface area (Å²) in [7, 11) is 0. The van der Waals surface area contributed by atoms with Crippen LogP contribution in [0.2, 0.25) is 0 Å². The summed E-state index contributed by atoms with van der Waals surface area (Å²) in [5.74, 6) is 0.192. The first kappa shape index (κ1) is 16.5. The van der Waals surface area contributed by atoms with E-state index in [-0.39, 0.29) is 11.3 Å². The van der Waals surface area contributed by atoms with E-state index in [9.17, 15) is 4.79 Å². The third-order valence-electron chi connectivity index (χ3n) is 5.35. The highest BCUT2D eigenvalue weighted by atomic mass is 16.2. The summed E-state index contributed by atoms with van der Waals surface area (Å²) in [5.41, 5.74) is 1.11. The number of rotatable bonds is 3. The number of benzene rings is 1. The Kier molecular flexibility index (Phi) is 4.77. The lowest BCUT2D eigenvalue weighted by Gasteiger charge is -2.49. The van der Waals surface area contributed by atoms with Crippen LogP contribution in [0.4, 0.5) is 0 Å². The standard InChI is InChI=1S/C20H30N2O/c1-20(2,3)19(23)21-16-12-17-10-7-11-18(13-16)22(17)14-15-8-5-4-6-9-15/h4-6,8-9,16-18H,7,10-14H2,1-3H3,(H,21,23)/t17-,18-/m0/s1. The summed E-state index contributed by atoms with van der Waals surface area (Å²) in [6.07, 6.45) is 6.08. The number of carbonyl (C=O) groups is 1. The van der Waals surface area contributed by atoms with Crippen molar-refractivity contribution in [3.05, 3.63) is 35.9 Å². The van der Waals surface area contributed by atoms with Gasteiger partial charge in [-0.2, -0.15) is 0 Å². The average Bonchev–Trinajstić information content (AvgIpc) is 2.48. The van der Waals surface area contributed by atoms with Crippen LogP contribution in [0.3, 0.4) is 0 Å². The molecule has 3 nitrogen and oxygen atoms in total. The number of nitrogens with zero attached hydrogens (tertiary/aromatic N) is 1. The van der Waals surface area contributed by atoms with E-state index < -0.39 is 0 Å². The largest absolute Gasteiger partial charge is 0.353 e. The van der Waals surface area contributed by atoms with Gasteiger partial charge < -0.3 is 5.32 Å². The maximum Gasteiger partial charge on any atom is 0.225 e. The van der Waals surface area contributed by atoms with E-state index in [4.69, 9.17) is 0 Å². The Balaban J connectivity index is 1.65. The van der Waals surface area contributed by atoms with Gasteiger partial charge in [0, 0.05) is 30.1 Å². The van der Waals surface area contributed by atoms with Gasteiger partial charge in [0.2, 0.25) is 5.91 Å². The van der Waals surface area contributed by atoms with Gasteiger partial charge in [0.1, 0.15) is 0 Å². The van der Waals surface area contributed by atoms with E-state index in [1.54, 1.807) is 0 Å². The Bertz CT molecular complexity index is 520. The first-order valence-corrected chi connectivity index (χ1v) is 9.04. The van der Waals surface area contributed by atoms with Crippen LogP contribution < -0.4 is 5.32 Å². The highest BCUT2D eigenvalue weighted by molar-refractivity contribution is 5.81. The maximum absolute atomic E-state index is 12.3. The number of carbonyl (C=O) groups excluding carboxylic acids is 1. The molecule has 2 aliphatic heterocycles. The molecule has 2 saturated heterocycles. The zero-order chi connectivity index (χ0) is 16.4. The molecule has 23 heavy (non-hydrogen) atoms. The molecule has 2 bridgehead atoms. The second-order valence-corrected chi connectivity index (χ2v) is 8.29. The van der Waals surface area contributed by atoms with Crippen molar-refractivity contribution in [3.8, 4) is 0 Å². The van der Waals surface area contributed by atoms with Crippen molar-refractivity contribution in [2.75, 3.05) is 0 Å². The van der Waals surface area contributed by atoms with Crippen molar-refractivity contribution in [1.82, 2.24) is 10.2 Å². The quantitative estimate of drug-likeness (QED) is 0.922. The van der Waals surface area contributed by atoms with Gasteiger partial charge in [-0.15, -0.1) is 0 Å².